The van der Waals surface area contributed by atoms with Gasteiger partial charge in [0.25, 0.3) is 0 Å². The Kier molecular flexibility index (Phi) is 9.38. The van der Waals surface area contributed by atoms with E-state index in [1.807, 2.05) is 6.07 Å². The van der Waals surface area contributed by atoms with Crippen LogP contribution in [-0.4, -0.2) is 49.0 Å². The Hall–Kier alpha value is -1.31. The predicted molar refractivity (Wildman–Crippen MR) is 122 cm³/mol. The number of guanidine groups is 1. The van der Waals surface area contributed by atoms with Crippen LogP contribution in [0.15, 0.2) is 35.3 Å². The van der Waals surface area contributed by atoms with Gasteiger partial charge in [-0.05, 0) is 38.2 Å². The molecule has 0 spiro atoms. The second-order valence-electron chi connectivity index (χ2n) is 7.39. The average Bonchev–Trinajstić information content (AvgIpc) is 3.34. The molecule has 1 aliphatic heterocycles. The molecule has 2 fully saturated rings. The number of amides is 1. The molecule has 0 bridgehead atoms. The summed E-state index contributed by atoms with van der Waals surface area (Å²) in [5.74, 6) is 1.52. The van der Waals surface area contributed by atoms with E-state index in [4.69, 9.17) is 4.99 Å². The molecule has 1 aromatic carbocycles. The van der Waals surface area contributed by atoms with Gasteiger partial charge in [-0.25, -0.2) is 0 Å². The Morgan fingerprint density at radius 1 is 1.19 bits per heavy atom. The molecule has 3 rings (SSSR count). The molecule has 2 N–H and O–H groups in total. The van der Waals surface area contributed by atoms with Crippen molar-refractivity contribution in [3.05, 3.63) is 35.9 Å². The highest BCUT2D eigenvalue weighted by molar-refractivity contribution is 14.0. The maximum absolute atomic E-state index is 12.6. The van der Waals surface area contributed by atoms with Gasteiger partial charge in [-0.3, -0.25) is 9.79 Å². The number of carbonyl (C=O) groups is 1. The number of nitrogens with one attached hydrogen (secondary N) is 2. The lowest BCUT2D eigenvalue weighted by Gasteiger charge is -2.21. The number of benzene rings is 1. The highest BCUT2D eigenvalue weighted by Crippen LogP contribution is 2.27. The minimum atomic E-state index is 0. The molecule has 2 aliphatic rings. The number of rotatable bonds is 6. The number of nitrogens with zero attached hydrogens (tertiary/aromatic N) is 2. The van der Waals surface area contributed by atoms with Gasteiger partial charge in [0.05, 0.1) is 0 Å². The maximum atomic E-state index is 12.6. The molecule has 0 radical (unpaired) electrons. The van der Waals surface area contributed by atoms with E-state index in [1.54, 1.807) is 0 Å². The molecule has 1 aliphatic carbocycles. The van der Waals surface area contributed by atoms with Crippen LogP contribution >= 0.6 is 24.0 Å². The molecule has 5 nitrogen and oxygen atoms in total. The van der Waals surface area contributed by atoms with Crippen molar-refractivity contribution in [1.82, 2.24) is 15.5 Å². The van der Waals surface area contributed by atoms with Gasteiger partial charge in [0.1, 0.15) is 0 Å². The minimum absolute atomic E-state index is 0. The van der Waals surface area contributed by atoms with Gasteiger partial charge in [0.2, 0.25) is 5.91 Å². The number of hydrogen-bond acceptors (Lipinski definition) is 2. The monoisotopic (exact) mass is 484 g/mol. The van der Waals surface area contributed by atoms with Gasteiger partial charge >= 0.3 is 0 Å². The molecule has 0 aromatic heterocycles. The van der Waals surface area contributed by atoms with Crippen molar-refractivity contribution in [2.24, 2.45) is 10.9 Å². The van der Waals surface area contributed by atoms with Gasteiger partial charge in [-0.1, -0.05) is 43.2 Å². The molecule has 1 saturated heterocycles. The second kappa shape index (κ2) is 11.5. The molecular weight excluding hydrogens is 451 g/mol. The first kappa shape index (κ1) is 22.0. The summed E-state index contributed by atoms with van der Waals surface area (Å²) in [5.41, 5.74) is 1.31. The third-order valence-corrected chi connectivity index (χ3v) is 5.40. The molecule has 1 unspecified atom stereocenters. The fraction of sp³-hybridized carbons (Fsp3) is 0.619. The summed E-state index contributed by atoms with van der Waals surface area (Å²) in [7, 11) is 0. The maximum Gasteiger partial charge on any atom is 0.225 e. The van der Waals surface area contributed by atoms with E-state index in [0.717, 1.165) is 57.8 Å². The lowest BCUT2D eigenvalue weighted by Crippen LogP contribution is -2.45. The first-order valence-electron chi connectivity index (χ1n) is 10.1. The Bertz CT molecular complexity index is 601. The summed E-state index contributed by atoms with van der Waals surface area (Å²) in [6.07, 6.45) is 6.53. The molecule has 150 valence electrons. The van der Waals surface area contributed by atoms with Crippen molar-refractivity contribution in [2.45, 2.75) is 51.5 Å². The molecule has 1 saturated carbocycles. The SMILES string of the molecule is CCNC(=NCCc1ccccc1)NC1CCN(C(=O)C2CCCC2)C1.I. The van der Waals surface area contributed by atoms with Crippen LogP contribution in [0.1, 0.15) is 44.6 Å². The largest absolute Gasteiger partial charge is 0.357 e. The van der Waals surface area contributed by atoms with Crippen molar-refractivity contribution in [3.63, 3.8) is 0 Å². The first-order chi connectivity index (χ1) is 12.8. The van der Waals surface area contributed by atoms with Crippen molar-refractivity contribution in [3.8, 4) is 0 Å². The highest BCUT2D eigenvalue weighted by atomic mass is 127. The normalized spacial score (nSPS) is 20.4. The third kappa shape index (κ3) is 6.66. The van der Waals surface area contributed by atoms with E-state index in [0.29, 0.717) is 11.9 Å². The zero-order valence-corrected chi connectivity index (χ0v) is 18.7. The Morgan fingerprint density at radius 3 is 2.63 bits per heavy atom. The molecule has 1 atom stereocenters. The topological polar surface area (TPSA) is 56.7 Å². The van der Waals surface area contributed by atoms with Crippen molar-refractivity contribution in [1.29, 1.82) is 0 Å². The second-order valence-corrected chi connectivity index (χ2v) is 7.39. The molecule has 27 heavy (non-hydrogen) atoms. The molecular formula is C21H33IN4O. The first-order valence-corrected chi connectivity index (χ1v) is 10.1. The van der Waals surface area contributed by atoms with Gasteiger partial charge in [-0.15, -0.1) is 24.0 Å². The smallest absolute Gasteiger partial charge is 0.225 e. The van der Waals surface area contributed by atoms with Gasteiger partial charge in [0.15, 0.2) is 5.96 Å². The quantitative estimate of drug-likeness (QED) is 0.371. The van der Waals surface area contributed by atoms with Crippen molar-refractivity contribution in [2.75, 3.05) is 26.2 Å². The van der Waals surface area contributed by atoms with Gasteiger partial charge < -0.3 is 15.5 Å². The van der Waals surface area contributed by atoms with Crippen LogP contribution < -0.4 is 10.6 Å². The molecule has 1 amide bonds. The lowest BCUT2D eigenvalue weighted by molar-refractivity contribution is -0.134. The number of aliphatic imine (C=N–C) groups is 1. The average molecular weight is 484 g/mol. The standard InChI is InChI=1S/C21H32N4O.HI/c1-2-22-21(23-14-12-17-8-4-3-5-9-17)24-19-13-15-25(16-19)20(26)18-10-6-7-11-18;/h3-5,8-9,18-19H,2,6-7,10-16H2,1H3,(H2,22,23,24);1H. The summed E-state index contributed by atoms with van der Waals surface area (Å²) < 4.78 is 0. The lowest BCUT2D eigenvalue weighted by atomic mass is 10.1. The fourth-order valence-electron chi connectivity index (χ4n) is 3.96. The van der Waals surface area contributed by atoms with Crippen LogP contribution in [0.5, 0.6) is 0 Å². The zero-order chi connectivity index (χ0) is 18.2. The molecule has 1 aromatic rings. The van der Waals surface area contributed by atoms with E-state index >= 15 is 0 Å². The summed E-state index contributed by atoms with van der Waals surface area (Å²) in [6.45, 7) is 5.36. The van der Waals surface area contributed by atoms with Crippen LogP contribution in [0.25, 0.3) is 0 Å². The van der Waals surface area contributed by atoms with E-state index < -0.39 is 0 Å². The molecule has 6 heteroatoms. The number of halogens is 1. The van der Waals surface area contributed by atoms with Gasteiger partial charge in [0, 0.05) is 38.1 Å². The van der Waals surface area contributed by atoms with E-state index in [1.165, 1.54) is 18.4 Å². The predicted octanol–water partition coefficient (Wildman–Crippen LogP) is 3.19. The van der Waals surface area contributed by atoms with E-state index in [-0.39, 0.29) is 29.9 Å². The zero-order valence-electron chi connectivity index (χ0n) is 16.3. The van der Waals surface area contributed by atoms with Crippen LogP contribution in [-0.2, 0) is 11.2 Å². The number of likely N-dealkylation sites (tertiary alicyclic amines) is 1. The fourth-order valence-corrected chi connectivity index (χ4v) is 3.96. The van der Waals surface area contributed by atoms with Gasteiger partial charge in [-0.2, -0.15) is 0 Å². The third-order valence-electron chi connectivity index (χ3n) is 5.40. The van der Waals surface area contributed by atoms with Crippen LogP contribution in [0.3, 0.4) is 0 Å². The number of hydrogen-bond donors (Lipinski definition) is 2. The summed E-state index contributed by atoms with van der Waals surface area (Å²) in [6, 6.07) is 10.7. The Balaban J connectivity index is 0.00000261. The minimum Gasteiger partial charge on any atom is -0.357 e. The van der Waals surface area contributed by atoms with Crippen LogP contribution in [0.4, 0.5) is 0 Å². The Morgan fingerprint density at radius 2 is 1.93 bits per heavy atom. The summed E-state index contributed by atoms with van der Waals surface area (Å²) in [5, 5.41) is 6.85. The number of carbonyl (C=O) groups excluding carboxylic acids is 1. The van der Waals surface area contributed by atoms with Crippen molar-refractivity contribution < 1.29 is 4.79 Å². The summed E-state index contributed by atoms with van der Waals surface area (Å²) in [4.78, 5) is 19.4. The summed E-state index contributed by atoms with van der Waals surface area (Å²) >= 11 is 0. The van der Waals surface area contributed by atoms with Crippen LogP contribution in [0.2, 0.25) is 0 Å². The van der Waals surface area contributed by atoms with E-state index in [2.05, 4.69) is 46.7 Å². The molecule has 1 heterocycles. The Labute approximate surface area is 180 Å². The highest BCUT2D eigenvalue weighted by Gasteiger charge is 2.32. The van der Waals surface area contributed by atoms with Crippen LogP contribution in [0, 0.1) is 5.92 Å². The van der Waals surface area contributed by atoms with E-state index in [9.17, 15) is 4.79 Å². The van der Waals surface area contributed by atoms with Crippen molar-refractivity contribution >= 4 is 35.8 Å².